The van der Waals surface area contributed by atoms with E-state index in [9.17, 15) is 4.79 Å². The van der Waals surface area contributed by atoms with Gasteiger partial charge < -0.3 is 11.1 Å². The molecule has 0 saturated heterocycles. The third-order valence-corrected chi connectivity index (χ3v) is 3.21. The van der Waals surface area contributed by atoms with Gasteiger partial charge in [0.05, 0.1) is 11.7 Å². The average Bonchev–Trinajstić information content (AvgIpc) is 2.87. The first-order chi connectivity index (χ1) is 7.65. The highest BCUT2D eigenvalue weighted by molar-refractivity contribution is 5.97. The summed E-state index contributed by atoms with van der Waals surface area (Å²) in [5, 5.41) is 6.96. The molecule has 0 unspecified atom stereocenters. The number of amides is 1. The van der Waals surface area contributed by atoms with Crippen molar-refractivity contribution in [2.24, 2.45) is 5.73 Å². The Kier molecular flexibility index (Phi) is 4.54. The number of carbonyl (C=O) groups excluding carboxylic acids is 1. The van der Waals surface area contributed by atoms with Gasteiger partial charge in [-0.25, -0.2) is 4.68 Å². The molecule has 0 aliphatic heterocycles. The summed E-state index contributed by atoms with van der Waals surface area (Å²) in [4.78, 5) is 12.0. The minimum Gasteiger partial charge on any atom is -0.317 e. The number of aromatic nitrogens is 2. The van der Waals surface area contributed by atoms with Crippen LogP contribution in [-0.2, 0) is 11.3 Å². The molecule has 1 aliphatic rings. The zero-order chi connectivity index (χ0) is 11.6. The molecule has 1 aromatic heterocycles. The first-order valence-corrected chi connectivity index (χ1v) is 5.78. The van der Waals surface area contributed by atoms with Crippen molar-refractivity contribution < 1.29 is 4.79 Å². The van der Waals surface area contributed by atoms with Gasteiger partial charge in [0.1, 0.15) is 5.82 Å². The van der Waals surface area contributed by atoms with Gasteiger partial charge in [-0.3, -0.25) is 4.79 Å². The van der Waals surface area contributed by atoms with Crippen LogP contribution in [0.25, 0.3) is 0 Å². The predicted molar refractivity (Wildman–Crippen MR) is 69.2 cm³/mol. The van der Waals surface area contributed by atoms with E-state index in [0.29, 0.717) is 0 Å². The Morgan fingerprint density at radius 2 is 2.24 bits per heavy atom. The first kappa shape index (κ1) is 14.0. The van der Waals surface area contributed by atoms with E-state index in [1.54, 1.807) is 16.9 Å². The molecular formula is C11H19ClN4O. The van der Waals surface area contributed by atoms with Crippen molar-refractivity contribution in [3.8, 4) is 0 Å². The van der Waals surface area contributed by atoms with Crippen molar-refractivity contribution in [1.29, 1.82) is 0 Å². The average molecular weight is 259 g/mol. The van der Waals surface area contributed by atoms with E-state index in [2.05, 4.69) is 10.4 Å². The summed E-state index contributed by atoms with van der Waals surface area (Å²) in [6.07, 6.45) is 5.31. The summed E-state index contributed by atoms with van der Waals surface area (Å²) in [7, 11) is 0. The van der Waals surface area contributed by atoms with Gasteiger partial charge in [-0.15, -0.1) is 12.4 Å². The van der Waals surface area contributed by atoms with Crippen LogP contribution in [0.3, 0.4) is 0 Å². The molecule has 1 saturated carbocycles. The van der Waals surface area contributed by atoms with E-state index in [1.165, 1.54) is 0 Å². The molecule has 5 nitrogen and oxygen atoms in total. The Morgan fingerprint density at radius 1 is 1.59 bits per heavy atom. The molecule has 96 valence electrons. The molecule has 2 rings (SSSR count). The van der Waals surface area contributed by atoms with Crippen LogP contribution in [0, 0.1) is 0 Å². The number of hydrogen-bond donors (Lipinski definition) is 2. The molecular weight excluding hydrogens is 240 g/mol. The molecule has 1 fully saturated rings. The zero-order valence-corrected chi connectivity index (χ0v) is 10.8. The molecule has 0 bridgehead atoms. The van der Waals surface area contributed by atoms with Crippen molar-refractivity contribution in [2.75, 3.05) is 5.32 Å². The Hall–Kier alpha value is -1.07. The van der Waals surface area contributed by atoms with Crippen LogP contribution in [0.4, 0.5) is 5.82 Å². The number of nitrogens with zero attached hydrogens (tertiary/aromatic N) is 2. The molecule has 17 heavy (non-hydrogen) atoms. The van der Waals surface area contributed by atoms with Crippen molar-refractivity contribution in [1.82, 2.24) is 9.78 Å². The number of nitrogens with two attached hydrogens (primary N) is 1. The third kappa shape index (κ3) is 2.79. The van der Waals surface area contributed by atoms with Gasteiger partial charge in [0.2, 0.25) is 5.91 Å². The third-order valence-electron chi connectivity index (χ3n) is 3.21. The predicted octanol–water partition coefficient (Wildman–Crippen LogP) is 1.53. The minimum absolute atomic E-state index is 0. The second kappa shape index (κ2) is 5.51. The van der Waals surface area contributed by atoms with Crippen LogP contribution in [0.5, 0.6) is 0 Å². The van der Waals surface area contributed by atoms with E-state index in [-0.39, 0.29) is 18.3 Å². The molecule has 1 heterocycles. The van der Waals surface area contributed by atoms with E-state index >= 15 is 0 Å². The summed E-state index contributed by atoms with van der Waals surface area (Å²) < 4.78 is 1.75. The Morgan fingerprint density at radius 3 is 2.82 bits per heavy atom. The van der Waals surface area contributed by atoms with Crippen LogP contribution in [0.1, 0.15) is 32.6 Å². The Labute approximate surface area is 107 Å². The quantitative estimate of drug-likeness (QED) is 0.864. The van der Waals surface area contributed by atoms with E-state index in [1.807, 2.05) is 6.92 Å². The van der Waals surface area contributed by atoms with Crippen molar-refractivity contribution in [3.05, 3.63) is 12.3 Å². The van der Waals surface area contributed by atoms with Gasteiger partial charge in [0, 0.05) is 12.6 Å². The Balaban J connectivity index is 0.00000144. The van der Waals surface area contributed by atoms with Gasteiger partial charge in [0.15, 0.2) is 0 Å². The maximum Gasteiger partial charge on any atom is 0.245 e. The molecule has 1 aromatic rings. The van der Waals surface area contributed by atoms with Crippen molar-refractivity contribution in [3.63, 3.8) is 0 Å². The lowest BCUT2D eigenvalue weighted by Gasteiger charge is -2.22. The second-order valence-electron chi connectivity index (χ2n) is 4.35. The first-order valence-electron chi connectivity index (χ1n) is 5.78. The SMILES string of the molecule is CCn1nccc1NC(=O)C1(N)CCCC1.Cl. The monoisotopic (exact) mass is 258 g/mol. The molecule has 0 spiro atoms. The summed E-state index contributed by atoms with van der Waals surface area (Å²) in [5.41, 5.74) is 5.39. The van der Waals surface area contributed by atoms with Crippen LogP contribution in [0.15, 0.2) is 12.3 Å². The van der Waals surface area contributed by atoms with Gasteiger partial charge in [0.25, 0.3) is 0 Å². The topological polar surface area (TPSA) is 72.9 Å². The van der Waals surface area contributed by atoms with Crippen LogP contribution in [-0.4, -0.2) is 21.2 Å². The molecule has 0 aromatic carbocycles. The van der Waals surface area contributed by atoms with Crippen molar-refractivity contribution >= 4 is 24.1 Å². The zero-order valence-electron chi connectivity index (χ0n) is 9.98. The fourth-order valence-electron chi connectivity index (χ4n) is 2.16. The number of nitrogens with one attached hydrogen (secondary N) is 1. The summed E-state index contributed by atoms with van der Waals surface area (Å²) >= 11 is 0. The normalized spacial score (nSPS) is 17.5. The number of carbonyl (C=O) groups is 1. The van der Waals surface area contributed by atoms with Crippen LogP contribution in [0.2, 0.25) is 0 Å². The fraction of sp³-hybridized carbons (Fsp3) is 0.636. The van der Waals surface area contributed by atoms with Gasteiger partial charge in [-0.05, 0) is 19.8 Å². The second-order valence-corrected chi connectivity index (χ2v) is 4.35. The van der Waals surface area contributed by atoms with Gasteiger partial charge >= 0.3 is 0 Å². The number of hydrogen-bond acceptors (Lipinski definition) is 3. The number of halogens is 1. The van der Waals surface area contributed by atoms with Crippen LogP contribution < -0.4 is 11.1 Å². The highest BCUT2D eigenvalue weighted by Crippen LogP contribution is 2.28. The Bertz CT molecular complexity index is 385. The number of rotatable bonds is 3. The van der Waals surface area contributed by atoms with E-state index < -0.39 is 5.54 Å². The van der Waals surface area contributed by atoms with Crippen molar-refractivity contribution in [2.45, 2.75) is 44.7 Å². The summed E-state index contributed by atoms with van der Waals surface area (Å²) in [5.74, 6) is 0.643. The van der Waals surface area contributed by atoms with Crippen LogP contribution >= 0.6 is 12.4 Å². The lowest BCUT2D eigenvalue weighted by molar-refractivity contribution is -0.121. The molecule has 1 amide bonds. The molecule has 3 N–H and O–H groups in total. The molecule has 1 aliphatic carbocycles. The maximum absolute atomic E-state index is 12.0. The van der Waals surface area contributed by atoms with E-state index in [4.69, 9.17) is 5.73 Å². The maximum atomic E-state index is 12.0. The number of anilines is 1. The highest BCUT2D eigenvalue weighted by atomic mass is 35.5. The van der Waals surface area contributed by atoms with E-state index in [0.717, 1.165) is 38.0 Å². The smallest absolute Gasteiger partial charge is 0.245 e. The fourth-order valence-corrected chi connectivity index (χ4v) is 2.16. The lowest BCUT2D eigenvalue weighted by atomic mass is 9.98. The molecule has 0 atom stereocenters. The summed E-state index contributed by atoms with van der Waals surface area (Å²) in [6, 6.07) is 1.79. The molecule has 6 heteroatoms. The number of aryl methyl sites for hydroxylation is 1. The lowest BCUT2D eigenvalue weighted by Crippen LogP contribution is -2.48. The van der Waals surface area contributed by atoms with Gasteiger partial charge in [-0.1, -0.05) is 12.8 Å². The molecule has 0 radical (unpaired) electrons. The largest absolute Gasteiger partial charge is 0.317 e. The summed E-state index contributed by atoms with van der Waals surface area (Å²) in [6.45, 7) is 2.72. The standard InChI is InChI=1S/C11H18N4O.ClH/c1-2-15-9(5-8-13-15)14-10(16)11(12)6-3-4-7-11;/h5,8H,2-4,6-7,12H2,1H3,(H,14,16);1H. The minimum atomic E-state index is -0.678. The highest BCUT2D eigenvalue weighted by Gasteiger charge is 2.37. The van der Waals surface area contributed by atoms with Gasteiger partial charge in [-0.2, -0.15) is 5.10 Å².